The number of aryl methyl sites for hydroxylation is 2. The van der Waals surface area contributed by atoms with Crippen LogP contribution < -0.4 is 5.73 Å². The normalized spacial score (nSPS) is 31.4. The summed E-state index contributed by atoms with van der Waals surface area (Å²) in [5.74, 6) is 1.39. The third-order valence-electron chi connectivity index (χ3n) is 5.54. The highest BCUT2D eigenvalue weighted by molar-refractivity contribution is 5.94. The molecule has 4 rings (SSSR count). The minimum Gasteiger partial charge on any atom is -0.338 e. The van der Waals surface area contributed by atoms with Gasteiger partial charge in [0.25, 0.3) is 5.91 Å². The van der Waals surface area contributed by atoms with Gasteiger partial charge in [-0.15, -0.1) is 0 Å². The number of likely N-dealkylation sites (tertiary alicyclic amines) is 1. The molecule has 106 valence electrons. The summed E-state index contributed by atoms with van der Waals surface area (Å²) in [5.41, 5.74) is 9.84. The Kier molecular flexibility index (Phi) is 2.84. The average molecular weight is 270 g/mol. The van der Waals surface area contributed by atoms with Gasteiger partial charge in [-0.05, 0) is 67.2 Å². The Balaban J connectivity index is 1.53. The fourth-order valence-electron chi connectivity index (χ4n) is 4.36. The number of carbonyl (C=O) groups is 1. The van der Waals surface area contributed by atoms with Crippen LogP contribution in [0.3, 0.4) is 0 Å². The van der Waals surface area contributed by atoms with Crippen LogP contribution in [0.2, 0.25) is 0 Å². The molecule has 1 saturated carbocycles. The van der Waals surface area contributed by atoms with Crippen molar-refractivity contribution in [2.24, 2.45) is 17.6 Å². The summed E-state index contributed by atoms with van der Waals surface area (Å²) >= 11 is 0. The fraction of sp³-hybridized carbons (Fsp3) is 0.588. The number of hydrogen-bond donors (Lipinski definition) is 1. The molecule has 20 heavy (non-hydrogen) atoms. The number of amides is 1. The van der Waals surface area contributed by atoms with Crippen molar-refractivity contribution in [3.63, 3.8) is 0 Å². The lowest BCUT2D eigenvalue weighted by Gasteiger charge is -2.19. The molecule has 3 aliphatic rings. The monoisotopic (exact) mass is 270 g/mol. The zero-order valence-electron chi connectivity index (χ0n) is 11.8. The van der Waals surface area contributed by atoms with Crippen molar-refractivity contribution in [1.82, 2.24) is 4.90 Å². The van der Waals surface area contributed by atoms with Gasteiger partial charge in [-0.2, -0.15) is 0 Å². The Morgan fingerprint density at radius 2 is 2.00 bits per heavy atom. The minimum atomic E-state index is 0.210. The molecule has 1 aliphatic heterocycles. The van der Waals surface area contributed by atoms with Crippen molar-refractivity contribution >= 4 is 5.91 Å². The minimum absolute atomic E-state index is 0.210. The number of nitrogens with two attached hydrogens (primary N) is 1. The molecule has 0 radical (unpaired) electrons. The van der Waals surface area contributed by atoms with E-state index < -0.39 is 0 Å². The second-order valence-corrected chi connectivity index (χ2v) is 6.71. The average Bonchev–Trinajstić information content (AvgIpc) is 3.14. The van der Waals surface area contributed by atoms with Crippen LogP contribution in [0.4, 0.5) is 0 Å². The van der Waals surface area contributed by atoms with E-state index in [1.807, 2.05) is 11.0 Å². The van der Waals surface area contributed by atoms with Crippen LogP contribution in [0.1, 0.15) is 40.7 Å². The van der Waals surface area contributed by atoms with E-state index in [2.05, 4.69) is 12.1 Å². The highest BCUT2D eigenvalue weighted by Crippen LogP contribution is 2.37. The number of carbonyl (C=O) groups excluding carboxylic acids is 1. The first kappa shape index (κ1) is 12.4. The van der Waals surface area contributed by atoms with Crippen LogP contribution >= 0.6 is 0 Å². The first-order chi connectivity index (χ1) is 9.72. The van der Waals surface area contributed by atoms with Crippen molar-refractivity contribution in [3.05, 3.63) is 34.9 Å². The highest BCUT2D eigenvalue weighted by atomic mass is 16.2. The zero-order chi connectivity index (χ0) is 13.7. The Morgan fingerprint density at radius 1 is 1.15 bits per heavy atom. The topological polar surface area (TPSA) is 46.3 Å². The highest BCUT2D eigenvalue weighted by Gasteiger charge is 2.42. The standard InChI is InChI=1S/C17H22N2O/c18-16-7-6-14-9-19(10-15(14)16)17(20)13-5-4-11-2-1-3-12(11)8-13/h4-5,8,14-16H,1-3,6-7,9-10,18H2. The summed E-state index contributed by atoms with van der Waals surface area (Å²) in [5, 5.41) is 0. The molecule has 3 heteroatoms. The molecule has 3 nitrogen and oxygen atoms in total. The van der Waals surface area contributed by atoms with Crippen LogP contribution in [-0.4, -0.2) is 29.9 Å². The van der Waals surface area contributed by atoms with Crippen LogP contribution in [0, 0.1) is 11.8 Å². The van der Waals surface area contributed by atoms with E-state index in [1.165, 1.54) is 30.4 Å². The lowest BCUT2D eigenvalue weighted by molar-refractivity contribution is 0.0779. The summed E-state index contributed by atoms with van der Waals surface area (Å²) in [7, 11) is 0. The Hall–Kier alpha value is -1.35. The number of fused-ring (bicyclic) bond motifs is 2. The number of rotatable bonds is 1. The number of benzene rings is 1. The SMILES string of the molecule is NC1CCC2CN(C(=O)c3ccc4c(c3)CCC4)CC12. The molecule has 2 aliphatic carbocycles. The van der Waals surface area contributed by atoms with Crippen molar-refractivity contribution in [1.29, 1.82) is 0 Å². The summed E-state index contributed by atoms with van der Waals surface area (Å²) in [4.78, 5) is 14.7. The molecular weight excluding hydrogens is 248 g/mol. The second kappa shape index (κ2) is 4.59. The smallest absolute Gasteiger partial charge is 0.253 e. The van der Waals surface area contributed by atoms with Crippen LogP contribution in [-0.2, 0) is 12.8 Å². The Labute approximate surface area is 120 Å². The van der Waals surface area contributed by atoms with E-state index in [4.69, 9.17) is 5.73 Å². The van der Waals surface area contributed by atoms with Crippen LogP contribution in [0.5, 0.6) is 0 Å². The van der Waals surface area contributed by atoms with Gasteiger partial charge in [-0.1, -0.05) is 6.07 Å². The summed E-state index contributed by atoms with van der Waals surface area (Å²) < 4.78 is 0. The van der Waals surface area contributed by atoms with Gasteiger partial charge in [0, 0.05) is 24.7 Å². The van der Waals surface area contributed by atoms with Gasteiger partial charge in [-0.25, -0.2) is 0 Å². The predicted octanol–water partition coefficient (Wildman–Crippen LogP) is 1.98. The molecule has 0 bridgehead atoms. The Bertz CT molecular complexity index is 554. The first-order valence-electron chi connectivity index (χ1n) is 7.89. The van der Waals surface area contributed by atoms with Crippen molar-refractivity contribution in [3.8, 4) is 0 Å². The maximum atomic E-state index is 12.7. The van der Waals surface area contributed by atoms with Gasteiger partial charge in [0.15, 0.2) is 0 Å². The molecule has 2 fully saturated rings. The quantitative estimate of drug-likeness (QED) is 0.848. The first-order valence-corrected chi connectivity index (χ1v) is 7.89. The van der Waals surface area contributed by atoms with Gasteiger partial charge in [0.2, 0.25) is 0 Å². The molecule has 1 heterocycles. The summed E-state index contributed by atoms with van der Waals surface area (Å²) in [6.07, 6.45) is 5.87. The van der Waals surface area contributed by atoms with Crippen molar-refractivity contribution in [2.75, 3.05) is 13.1 Å². The molecule has 2 N–H and O–H groups in total. The third kappa shape index (κ3) is 1.87. The van der Waals surface area contributed by atoms with E-state index in [9.17, 15) is 4.79 Å². The lowest BCUT2D eigenvalue weighted by Crippen LogP contribution is -2.33. The maximum absolute atomic E-state index is 12.7. The van der Waals surface area contributed by atoms with Crippen molar-refractivity contribution in [2.45, 2.75) is 38.1 Å². The second-order valence-electron chi connectivity index (χ2n) is 6.71. The van der Waals surface area contributed by atoms with Crippen LogP contribution in [0.25, 0.3) is 0 Å². The third-order valence-corrected chi connectivity index (χ3v) is 5.54. The maximum Gasteiger partial charge on any atom is 0.253 e. The lowest BCUT2D eigenvalue weighted by atomic mass is 9.98. The van der Waals surface area contributed by atoms with Crippen LogP contribution in [0.15, 0.2) is 18.2 Å². The molecule has 3 unspecified atom stereocenters. The Morgan fingerprint density at radius 3 is 2.85 bits per heavy atom. The molecule has 3 atom stereocenters. The number of nitrogens with zero attached hydrogens (tertiary/aromatic N) is 1. The van der Waals surface area contributed by atoms with Crippen molar-refractivity contribution < 1.29 is 4.79 Å². The predicted molar refractivity (Wildman–Crippen MR) is 78.6 cm³/mol. The van der Waals surface area contributed by atoms with E-state index in [0.29, 0.717) is 17.9 Å². The van der Waals surface area contributed by atoms with Gasteiger partial charge in [0.1, 0.15) is 0 Å². The van der Waals surface area contributed by atoms with Gasteiger partial charge < -0.3 is 10.6 Å². The zero-order valence-corrected chi connectivity index (χ0v) is 11.8. The molecule has 1 aromatic carbocycles. The molecule has 1 amide bonds. The molecular formula is C17H22N2O. The van der Waals surface area contributed by atoms with Gasteiger partial charge >= 0.3 is 0 Å². The fourth-order valence-corrected chi connectivity index (χ4v) is 4.36. The molecule has 1 aromatic rings. The summed E-state index contributed by atoms with van der Waals surface area (Å²) in [6.45, 7) is 1.77. The molecule has 0 aromatic heterocycles. The van der Waals surface area contributed by atoms with E-state index >= 15 is 0 Å². The van der Waals surface area contributed by atoms with Gasteiger partial charge in [0.05, 0.1) is 0 Å². The van der Waals surface area contributed by atoms with E-state index in [1.54, 1.807) is 0 Å². The summed E-state index contributed by atoms with van der Waals surface area (Å²) in [6, 6.07) is 6.59. The van der Waals surface area contributed by atoms with Gasteiger partial charge in [-0.3, -0.25) is 4.79 Å². The number of hydrogen-bond acceptors (Lipinski definition) is 2. The molecule has 0 spiro atoms. The van der Waals surface area contributed by atoms with E-state index in [-0.39, 0.29) is 5.91 Å². The largest absolute Gasteiger partial charge is 0.338 e. The molecule has 1 saturated heterocycles. The van der Waals surface area contributed by atoms with E-state index in [0.717, 1.165) is 31.5 Å².